The first-order chi connectivity index (χ1) is 14.5. The second-order valence-corrected chi connectivity index (χ2v) is 7.25. The molecule has 0 atom stereocenters. The van der Waals surface area contributed by atoms with Gasteiger partial charge in [-0.05, 0) is 55.8 Å². The number of hydrogen-bond acceptors (Lipinski definition) is 5. The molecule has 0 fully saturated rings. The number of rotatable bonds is 6. The summed E-state index contributed by atoms with van der Waals surface area (Å²) in [6, 6.07) is 11.1. The highest BCUT2D eigenvalue weighted by Gasteiger charge is 2.16. The standard InChI is InChI=1S/C22H22N6O2/c1-4-17-6-5-15(12-24-17)13-27-20(26-21(29)28(14(2)3)22(27)30)25-18-7-8-19-16(11-18)9-10-23-19/h4-12,14,23H,1,13H2,2-3H3,(H,25,26,29). The van der Waals surface area contributed by atoms with Gasteiger partial charge in [-0.15, -0.1) is 0 Å². The van der Waals surface area contributed by atoms with Gasteiger partial charge in [0.15, 0.2) is 0 Å². The van der Waals surface area contributed by atoms with Crippen LogP contribution in [0.5, 0.6) is 0 Å². The SMILES string of the molecule is C=Cc1ccc(Cn2c(Nc3ccc4[nH]ccc4c3)nc(=O)n(C(C)C)c2=O)cn1. The van der Waals surface area contributed by atoms with Crippen LogP contribution in [0.1, 0.15) is 31.1 Å². The van der Waals surface area contributed by atoms with Crippen LogP contribution in [0.15, 0.2) is 65.0 Å². The second-order valence-electron chi connectivity index (χ2n) is 7.25. The molecular formula is C22H22N6O2. The first-order valence-electron chi connectivity index (χ1n) is 9.61. The molecule has 0 aliphatic rings. The van der Waals surface area contributed by atoms with E-state index in [4.69, 9.17) is 0 Å². The summed E-state index contributed by atoms with van der Waals surface area (Å²) in [6.45, 7) is 7.48. The molecule has 30 heavy (non-hydrogen) atoms. The van der Waals surface area contributed by atoms with Gasteiger partial charge in [0.05, 0.1) is 12.2 Å². The molecule has 4 aromatic rings. The monoisotopic (exact) mass is 402 g/mol. The third kappa shape index (κ3) is 3.67. The summed E-state index contributed by atoms with van der Waals surface area (Å²) in [5.74, 6) is 0.185. The van der Waals surface area contributed by atoms with Crippen molar-refractivity contribution >= 4 is 28.6 Å². The molecule has 0 spiro atoms. The Balaban J connectivity index is 1.80. The number of aromatic amines is 1. The molecule has 0 unspecified atom stereocenters. The van der Waals surface area contributed by atoms with E-state index < -0.39 is 11.4 Å². The maximum Gasteiger partial charge on any atom is 0.355 e. The Morgan fingerprint density at radius 2 is 2.03 bits per heavy atom. The van der Waals surface area contributed by atoms with Crippen molar-refractivity contribution in [2.45, 2.75) is 26.4 Å². The predicted octanol–water partition coefficient (Wildman–Crippen LogP) is 3.30. The first kappa shape index (κ1) is 19.4. The van der Waals surface area contributed by atoms with Crippen LogP contribution in [0, 0.1) is 0 Å². The average molecular weight is 402 g/mol. The largest absolute Gasteiger partial charge is 0.361 e. The van der Waals surface area contributed by atoms with E-state index in [2.05, 4.69) is 26.8 Å². The van der Waals surface area contributed by atoms with Crippen molar-refractivity contribution in [2.24, 2.45) is 0 Å². The van der Waals surface area contributed by atoms with Crippen molar-refractivity contribution in [1.29, 1.82) is 0 Å². The Labute approximate surface area is 172 Å². The van der Waals surface area contributed by atoms with Crippen LogP contribution in [0.2, 0.25) is 0 Å². The Kier molecular flexibility index (Phi) is 5.05. The molecule has 0 bridgehead atoms. The minimum Gasteiger partial charge on any atom is -0.361 e. The van der Waals surface area contributed by atoms with E-state index >= 15 is 0 Å². The van der Waals surface area contributed by atoms with E-state index in [1.165, 1.54) is 4.57 Å². The van der Waals surface area contributed by atoms with Gasteiger partial charge in [-0.25, -0.2) is 14.2 Å². The van der Waals surface area contributed by atoms with E-state index in [0.29, 0.717) is 0 Å². The van der Waals surface area contributed by atoms with E-state index in [9.17, 15) is 9.59 Å². The molecule has 2 N–H and O–H groups in total. The smallest absolute Gasteiger partial charge is 0.355 e. The van der Waals surface area contributed by atoms with Gasteiger partial charge < -0.3 is 10.3 Å². The van der Waals surface area contributed by atoms with Crippen LogP contribution in [0.4, 0.5) is 11.6 Å². The normalized spacial score (nSPS) is 11.2. The van der Waals surface area contributed by atoms with Crippen LogP contribution in [-0.2, 0) is 6.54 Å². The van der Waals surface area contributed by atoms with E-state index in [-0.39, 0.29) is 18.5 Å². The molecule has 0 aliphatic carbocycles. The minimum atomic E-state index is -0.586. The maximum atomic E-state index is 13.1. The van der Waals surface area contributed by atoms with E-state index in [1.807, 2.05) is 42.6 Å². The number of fused-ring (bicyclic) bond motifs is 1. The van der Waals surface area contributed by atoms with Gasteiger partial charge in [-0.1, -0.05) is 12.6 Å². The summed E-state index contributed by atoms with van der Waals surface area (Å²) < 4.78 is 2.60. The van der Waals surface area contributed by atoms with Gasteiger partial charge in [0, 0.05) is 35.0 Å². The van der Waals surface area contributed by atoms with Crippen molar-refractivity contribution in [1.82, 2.24) is 24.1 Å². The lowest BCUT2D eigenvalue weighted by atomic mass is 10.2. The summed E-state index contributed by atoms with van der Waals surface area (Å²) in [5, 5.41) is 4.14. The molecule has 4 rings (SSSR count). The van der Waals surface area contributed by atoms with Crippen LogP contribution in [0.25, 0.3) is 17.0 Å². The summed E-state index contributed by atoms with van der Waals surface area (Å²) >= 11 is 0. The minimum absolute atomic E-state index is 0.185. The molecule has 1 aromatic carbocycles. The highest BCUT2D eigenvalue weighted by Crippen LogP contribution is 2.20. The quantitative estimate of drug-likeness (QED) is 0.516. The molecule has 0 radical (unpaired) electrons. The number of benzene rings is 1. The van der Waals surface area contributed by atoms with Crippen molar-refractivity contribution in [3.8, 4) is 0 Å². The Morgan fingerprint density at radius 1 is 1.20 bits per heavy atom. The summed E-state index contributed by atoms with van der Waals surface area (Å²) in [4.78, 5) is 37.3. The number of nitrogens with zero attached hydrogens (tertiary/aromatic N) is 4. The number of nitrogens with one attached hydrogen (secondary N) is 2. The topological polar surface area (TPSA) is 97.6 Å². The summed E-state index contributed by atoms with van der Waals surface area (Å²) in [6.07, 6.45) is 5.19. The lowest BCUT2D eigenvalue weighted by Gasteiger charge is -2.17. The highest BCUT2D eigenvalue weighted by atomic mass is 16.2. The molecular weight excluding hydrogens is 380 g/mol. The number of anilines is 2. The second kappa shape index (κ2) is 7.82. The molecule has 152 valence electrons. The number of hydrogen-bond donors (Lipinski definition) is 2. The van der Waals surface area contributed by atoms with Gasteiger partial charge in [0.2, 0.25) is 5.95 Å². The van der Waals surface area contributed by atoms with Crippen LogP contribution >= 0.6 is 0 Å². The molecule has 0 saturated heterocycles. The number of H-pyrrole nitrogens is 1. The molecule has 0 saturated carbocycles. The molecule has 3 heterocycles. The third-order valence-electron chi connectivity index (χ3n) is 4.82. The predicted molar refractivity (Wildman–Crippen MR) is 118 cm³/mol. The molecule has 0 amide bonds. The first-order valence-corrected chi connectivity index (χ1v) is 9.61. The van der Waals surface area contributed by atoms with Crippen LogP contribution in [-0.4, -0.2) is 24.1 Å². The Hall–Kier alpha value is -3.94. The van der Waals surface area contributed by atoms with Crippen molar-refractivity contribution < 1.29 is 0 Å². The van der Waals surface area contributed by atoms with Crippen LogP contribution < -0.4 is 16.7 Å². The fraction of sp³-hybridized carbons (Fsp3) is 0.182. The van der Waals surface area contributed by atoms with E-state index in [1.54, 1.807) is 26.1 Å². The lowest BCUT2D eigenvalue weighted by Crippen LogP contribution is -2.43. The zero-order valence-corrected chi connectivity index (χ0v) is 16.8. The average Bonchev–Trinajstić information content (AvgIpc) is 3.19. The Morgan fingerprint density at radius 3 is 2.73 bits per heavy atom. The molecule has 0 aliphatic heterocycles. The van der Waals surface area contributed by atoms with Crippen molar-refractivity contribution in [2.75, 3.05) is 5.32 Å². The summed E-state index contributed by atoms with van der Waals surface area (Å²) in [5.41, 5.74) is 2.26. The van der Waals surface area contributed by atoms with Crippen LogP contribution in [0.3, 0.4) is 0 Å². The zero-order valence-electron chi connectivity index (χ0n) is 16.8. The maximum absolute atomic E-state index is 13.1. The number of pyridine rings is 1. The third-order valence-corrected chi connectivity index (χ3v) is 4.82. The van der Waals surface area contributed by atoms with E-state index in [0.717, 1.165) is 32.4 Å². The fourth-order valence-electron chi connectivity index (χ4n) is 3.28. The fourth-order valence-corrected chi connectivity index (χ4v) is 3.28. The number of aromatic nitrogens is 5. The Bertz CT molecular complexity index is 1330. The molecule has 3 aromatic heterocycles. The van der Waals surface area contributed by atoms with Gasteiger partial charge in [0.1, 0.15) is 0 Å². The van der Waals surface area contributed by atoms with Gasteiger partial charge in [-0.2, -0.15) is 4.98 Å². The van der Waals surface area contributed by atoms with Crippen molar-refractivity contribution in [3.63, 3.8) is 0 Å². The molecule has 8 heteroatoms. The van der Waals surface area contributed by atoms with Gasteiger partial charge in [0.25, 0.3) is 0 Å². The van der Waals surface area contributed by atoms with Gasteiger partial charge in [-0.3, -0.25) is 9.55 Å². The van der Waals surface area contributed by atoms with Crippen molar-refractivity contribution in [3.05, 3.63) is 87.6 Å². The highest BCUT2D eigenvalue weighted by molar-refractivity contribution is 5.83. The zero-order chi connectivity index (χ0) is 21.3. The van der Waals surface area contributed by atoms with Gasteiger partial charge >= 0.3 is 11.4 Å². The molecule has 8 nitrogen and oxygen atoms in total. The lowest BCUT2D eigenvalue weighted by molar-refractivity contribution is 0.497. The summed E-state index contributed by atoms with van der Waals surface area (Å²) in [7, 11) is 0.